The fourth-order valence-electron chi connectivity index (χ4n) is 2.60. The van der Waals surface area contributed by atoms with Gasteiger partial charge in [-0.3, -0.25) is 4.79 Å². The molecule has 0 spiro atoms. The third-order valence-corrected chi connectivity index (χ3v) is 4.37. The molecule has 5 nitrogen and oxygen atoms in total. The Bertz CT molecular complexity index is 819. The van der Waals surface area contributed by atoms with Crippen LogP contribution in [0, 0.1) is 6.92 Å². The second-order valence-electron chi connectivity index (χ2n) is 6.18. The van der Waals surface area contributed by atoms with Gasteiger partial charge < -0.3 is 13.7 Å². The zero-order chi connectivity index (χ0) is 17.8. The minimum atomic E-state index is -0.102. The van der Waals surface area contributed by atoms with Gasteiger partial charge in [-0.25, -0.2) is 4.98 Å². The number of nitrogens with zero attached hydrogens (tertiary/aromatic N) is 2. The Balaban J connectivity index is 1.58. The van der Waals surface area contributed by atoms with Crippen molar-refractivity contribution in [2.45, 2.75) is 32.7 Å². The first-order chi connectivity index (χ1) is 12.0. The molecule has 2 heterocycles. The normalized spacial score (nSPS) is 12.1. The van der Waals surface area contributed by atoms with E-state index in [1.165, 1.54) is 5.56 Å². The first kappa shape index (κ1) is 17.0. The highest BCUT2D eigenvalue weighted by Gasteiger charge is 2.20. The molecule has 0 N–H and O–H groups in total. The molecule has 1 unspecified atom stereocenters. The topological polar surface area (TPSA) is 59.5 Å². The number of benzene rings is 1. The molecule has 0 bridgehead atoms. The van der Waals surface area contributed by atoms with Crippen LogP contribution in [0.25, 0.3) is 11.3 Å². The van der Waals surface area contributed by atoms with E-state index in [0.717, 1.165) is 17.1 Å². The van der Waals surface area contributed by atoms with Crippen LogP contribution in [-0.4, -0.2) is 22.8 Å². The lowest BCUT2D eigenvalue weighted by molar-refractivity contribution is -0.132. The average Bonchev–Trinajstić information content (AvgIpc) is 3.31. The summed E-state index contributed by atoms with van der Waals surface area (Å²) in [6.45, 7) is 3.98. The molecule has 0 saturated heterocycles. The summed E-state index contributed by atoms with van der Waals surface area (Å²) in [5.74, 6) is 2.09. The minimum Gasteiger partial charge on any atom is -0.467 e. The van der Waals surface area contributed by atoms with Gasteiger partial charge in [0.15, 0.2) is 11.7 Å². The summed E-state index contributed by atoms with van der Waals surface area (Å²) in [6, 6.07) is 11.7. The summed E-state index contributed by atoms with van der Waals surface area (Å²) in [4.78, 5) is 18.4. The summed E-state index contributed by atoms with van der Waals surface area (Å²) in [6.07, 6.45) is 4.14. The van der Waals surface area contributed by atoms with E-state index in [4.69, 9.17) is 8.83 Å². The SMILES string of the molecule is Cc1ccc(-c2cnc(CCC(=O)N(C)C(C)c3ccco3)o2)cc1. The number of hydrogen-bond donors (Lipinski definition) is 0. The molecule has 5 heteroatoms. The number of aromatic nitrogens is 1. The smallest absolute Gasteiger partial charge is 0.223 e. The Labute approximate surface area is 147 Å². The third-order valence-electron chi connectivity index (χ3n) is 4.37. The molecule has 0 aliphatic carbocycles. The van der Waals surface area contributed by atoms with Crippen LogP contribution in [0.3, 0.4) is 0 Å². The van der Waals surface area contributed by atoms with Crippen molar-refractivity contribution in [3.63, 3.8) is 0 Å². The summed E-state index contributed by atoms with van der Waals surface area (Å²) in [7, 11) is 1.78. The molecule has 0 radical (unpaired) electrons. The van der Waals surface area contributed by atoms with E-state index >= 15 is 0 Å². The number of oxazole rings is 1. The maximum atomic E-state index is 12.4. The summed E-state index contributed by atoms with van der Waals surface area (Å²) < 4.78 is 11.1. The predicted molar refractivity (Wildman–Crippen MR) is 94.9 cm³/mol. The Kier molecular flexibility index (Phi) is 5.03. The van der Waals surface area contributed by atoms with Crippen molar-refractivity contribution in [2.75, 3.05) is 7.05 Å². The van der Waals surface area contributed by atoms with Crippen LogP contribution < -0.4 is 0 Å². The van der Waals surface area contributed by atoms with E-state index in [9.17, 15) is 4.79 Å². The average molecular weight is 338 g/mol. The lowest BCUT2D eigenvalue weighted by Crippen LogP contribution is -2.29. The fraction of sp³-hybridized carbons (Fsp3) is 0.300. The fourth-order valence-corrected chi connectivity index (χ4v) is 2.60. The van der Waals surface area contributed by atoms with Gasteiger partial charge in [-0.15, -0.1) is 0 Å². The van der Waals surface area contributed by atoms with Gasteiger partial charge in [0.1, 0.15) is 5.76 Å². The summed E-state index contributed by atoms with van der Waals surface area (Å²) in [5, 5.41) is 0. The minimum absolute atomic E-state index is 0.0268. The largest absolute Gasteiger partial charge is 0.467 e. The van der Waals surface area contributed by atoms with Crippen molar-refractivity contribution >= 4 is 5.91 Å². The quantitative estimate of drug-likeness (QED) is 0.668. The highest BCUT2D eigenvalue weighted by atomic mass is 16.4. The van der Waals surface area contributed by atoms with Gasteiger partial charge in [0.2, 0.25) is 5.91 Å². The van der Waals surface area contributed by atoms with E-state index < -0.39 is 0 Å². The second-order valence-corrected chi connectivity index (χ2v) is 6.18. The van der Waals surface area contributed by atoms with Crippen LogP contribution in [0.15, 0.2) is 57.7 Å². The molecule has 1 amide bonds. The van der Waals surface area contributed by atoms with Crippen LogP contribution >= 0.6 is 0 Å². The molecular formula is C20H22N2O3. The molecule has 0 fully saturated rings. The Hall–Kier alpha value is -2.82. The molecule has 3 rings (SSSR count). The van der Waals surface area contributed by atoms with Gasteiger partial charge in [0.25, 0.3) is 0 Å². The summed E-state index contributed by atoms with van der Waals surface area (Å²) >= 11 is 0. The number of furan rings is 1. The van der Waals surface area contributed by atoms with E-state index in [0.29, 0.717) is 18.7 Å². The molecule has 130 valence electrons. The van der Waals surface area contributed by atoms with Crippen molar-refractivity contribution < 1.29 is 13.6 Å². The zero-order valence-corrected chi connectivity index (χ0v) is 14.7. The monoisotopic (exact) mass is 338 g/mol. The van der Waals surface area contributed by atoms with Crippen molar-refractivity contribution in [3.8, 4) is 11.3 Å². The van der Waals surface area contributed by atoms with E-state index in [-0.39, 0.29) is 11.9 Å². The molecule has 2 aromatic heterocycles. The number of hydrogen-bond acceptors (Lipinski definition) is 4. The van der Waals surface area contributed by atoms with Gasteiger partial charge in [0.05, 0.1) is 18.5 Å². The zero-order valence-electron chi connectivity index (χ0n) is 14.7. The van der Waals surface area contributed by atoms with Gasteiger partial charge in [-0.05, 0) is 26.0 Å². The van der Waals surface area contributed by atoms with E-state index in [2.05, 4.69) is 4.98 Å². The Morgan fingerprint density at radius 1 is 1.24 bits per heavy atom. The number of rotatable bonds is 6. The lowest BCUT2D eigenvalue weighted by atomic mass is 10.1. The molecule has 0 aliphatic rings. The first-order valence-electron chi connectivity index (χ1n) is 8.35. The maximum Gasteiger partial charge on any atom is 0.223 e. The van der Waals surface area contributed by atoms with Gasteiger partial charge in [-0.2, -0.15) is 0 Å². The highest BCUT2D eigenvalue weighted by Crippen LogP contribution is 2.22. The molecule has 3 aromatic rings. The molecule has 1 atom stereocenters. The van der Waals surface area contributed by atoms with Crippen LogP contribution in [0.5, 0.6) is 0 Å². The van der Waals surface area contributed by atoms with E-state index in [1.807, 2.05) is 50.2 Å². The second kappa shape index (κ2) is 7.38. The number of aryl methyl sites for hydroxylation is 2. The first-order valence-corrected chi connectivity index (χ1v) is 8.35. The van der Waals surface area contributed by atoms with Gasteiger partial charge in [-0.1, -0.05) is 29.8 Å². The number of amides is 1. The molecular weight excluding hydrogens is 316 g/mol. The van der Waals surface area contributed by atoms with Crippen LogP contribution in [0.4, 0.5) is 0 Å². The van der Waals surface area contributed by atoms with Crippen LogP contribution in [0.2, 0.25) is 0 Å². The Morgan fingerprint density at radius 3 is 2.68 bits per heavy atom. The Morgan fingerprint density at radius 2 is 2.00 bits per heavy atom. The van der Waals surface area contributed by atoms with Crippen molar-refractivity contribution in [1.29, 1.82) is 0 Å². The lowest BCUT2D eigenvalue weighted by Gasteiger charge is -2.23. The summed E-state index contributed by atoms with van der Waals surface area (Å²) in [5.41, 5.74) is 2.18. The predicted octanol–water partition coefficient (Wildman–Crippen LogP) is 4.40. The van der Waals surface area contributed by atoms with Gasteiger partial charge in [0, 0.05) is 25.5 Å². The molecule has 25 heavy (non-hydrogen) atoms. The standard InChI is InChI=1S/C20H22N2O3/c1-14-6-8-16(9-7-14)18-13-21-19(25-18)10-11-20(23)22(3)15(2)17-5-4-12-24-17/h4-9,12-13,15H,10-11H2,1-3H3. The van der Waals surface area contributed by atoms with E-state index in [1.54, 1.807) is 24.4 Å². The van der Waals surface area contributed by atoms with Crippen molar-refractivity contribution in [1.82, 2.24) is 9.88 Å². The number of carbonyl (C=O) groups is 1. The van der Waals surface area contributed by atoms with Gasteiger partial charge >= 0.3 is 0 Å². The highest BCUT2D eigenvalue weighted by molar-refractivity contribution is 5.76. The van der Waals surface area contributed by atoms with Crippen molar-refractivity contribution in [2.24, 2.45) is 0 Å². The third kappa shape index (κ3) is 3.99. The molecule has 1 aromatic carbocycles. The van der Waals surface area contributed by atoms with Crippen LogP contribution in [0.1, 0.15) is 36.6 Å². The van der Waals surface area contributed by atoms with Crippen molar-refractivity contribution in [3.05, 3.63) is 66.1 Å². The molecule has 0 saturated carbocycles. The number of carbonyl (C=O) groups excluding carboxylic acids is 1. The maximum absolute atomic E-state index is 12.4. The van der Waals surface area contributed by atoms with Crippen LogP contribution in [-0.2, 0) is 11.2 Å². The molecule has 0 aliphatic heterocycles.